The molecular weight excluding hydrogens is 280 g/mol. The largest absolute Gasteiger partial charge is 0.480 e. The minimum absolute atomic E-state index is 0.354. The van der Waals surface area contributed by atoms with Gasteiger partial charge in [-0.05, 0) is 43.7 Å². The molecule has 1 aliphatic rings. The average Bonchev–Trinajstić information content (AvgIpc) is 2.93. The van der Waals surface area contributed by atoms with Crippen molar-refractivity contribution in [2.75, 3.05) is 0 Å². The quantitative estimate of drug-likeness (QED) is 0.815. The standard InChI is InChI=1S/C17H20N2O3/c1-11-6-8-17(9-7-11,16(21)22)19-15(20)14-10-12-4-2-3-5-13(12)18-14/h2-5,10-11,18H,6-9H2,1H3,(H,19,20)(H,21,22). The zero-order valence-electron chi connectivity index (χ0n) is 12.6. The lowest BCUT2D eigenvalue weighted by molar-refractivity contribution is -0.146. The summed E-state index contributed by atoms with van der Waals surface area (Å²) in [6, 6.07) is 9.35. The van der Waals surface area contributed by atoms with Crippen LogP contribution in [0, 0.1) is 5.92 Å². The normalized spacial score (nSPS) is 25.0. The molecule has 0 saturated heterocycles. The number of hydrogen-bond donors (Lipinski definition) is 3. The lowest BCUT2D eigenvalue weighted by Crippen LogP contribution is -2.56. The highest BCUT2D eigenvalue weighted by molar-refractivity contribution is 6.00. The minimum atomic E-state index is -1.14. The first-order valence-corrected chi connectivity index (χ1v) is 7.64. The molecule has 116 valence electrons. The van der Waals surface area contributed by atoms with E-state index in [0.29, 0.717) is 24.5 Å². The maximum atomic E-state index is 12.5. The highest BCUT2D eigenvalue weighted by atomic mass is 16.4. The molecule has 3 rings (SSSR count). The van der Waals surface area contributed by atoms with Gasteiger partial charge in [0.05, 0.1) is 0 Å². The Balaban J connectivity index is 1.83. The fourth-order valence-electron chi connectivity index (χ4n) is 3.13. The molecule has 1 aromatic heterocycles. The second-order valence-corrected chi connectivity index (χ2v) is 6.29. The molecule has 1 heterocycles. The Hall–Kier alpha value is -2.30. The number of fused-ring (bicyclic) bond motifs is 1. The van der Waals surface area contributed by atoms with E-state index in [9.17, 15) is 14.7 Å². The van der Waals surface area contributed by atoms with E-state index in [0.717, 1.165) is 23.7 Å². The Bertz CT molecular complexity index is 679. The van der Waals surface area contributed by atoms with Gasteiger partial charge in [-0.3, -0.25) is 4.79 Å². The van der Waals surface area contributed by atoms with Crippen LogP contribution in [-0.4, -0.2) is 27.5 Å². The fraction of sp³-hybridized carbons (Fsp3) is 0.412. The third-order valence-corrected chi connectivity index (χ3v) is 4.66. The van der Waals surface area contributed by atoms with Crippen LogP contribution in [0.5, 0.6) is 0 Å². The summed E-state index contributed by atoms with van der Waals surface area (Å²) >= 11 is 0. The Morgan fingerprint density at radius 1 is 1.27 bits per heavy atom. The van der Waals surface area contributed by atoms with Crippen molar-refractivity contribution in [3.8, 4) is 0 Å². The van der Waals surface area contributed by atoms with Gasteiger partial charge in [-0.2, -0.15) is 0 Å². The summed E-state index contributed by atoms with van der Waals surface area (Å²) in [5, 5.41) is 13.3. The van der Waals surface area contributed by atoms with Crippen molar-refractivity contribution in [1.29, 1.82) is 0 Å². The molecule has 22 heavy (non-hydrogen) atoms. The number of benzene rings is 1. The van der Waals surface area contributed by atoms with Crippen LogP contribution in [0.4, 0.5) is 0 Å². The smallest absolute Gasteiger partial charge is 0.329 e. The molecule has 0 aliphatic heterocycles. The van der Waals surface area contributed by atoms with E-state index in [1.165, 1.54) is 0 Å². The van der Waals surface area contributed by atoms with E-state index >= 15 is 0 Å². The predicted octanol–water partition coefficient (Wildman–Crippen LogP) is 2.93. The van der Waals surface area contributed by atoms with Crippen LogP contribution < -0.4 is 5.32 Å². The summed E-state index contributed by atoms with van der Waals surface area (Å²) in [6.45, 7) is 2.12. The molecule has 1 aliphatic carbocycles. The van der Waals surface area contributed by atoms with Crippen molar-refractivity contribution >= 4 is 22.8 Å². The Kier molecular flexibility index (Phi) is 3.64. The van der Waals surface area contributed by atoms with Gasteiger partial charge in [-0.15, -0.1) is 0 Å². The lowest BCUT2D eigenvalue weighted by atomic mass is 9.77. The summed E-state index contributed by atoms with van der Waals surface area (Å²) in [6.07, 6.45) is 2.60. The first-order valence-electron chi connectivity index (χ1n) is 7.64. The number of carbonyl (C=O) groups excluding carboxylic acids is 1. The number of nitrogens with one attached hydrogen (secondary N) is 2. The van der Waals surface area contributed by atoms with E-state index in [1.54, 1.807) is 6.07 Å². The van der Waals surface area contributed by atoms with Gasteiger partial charge in [-0.25, -0.2) is 4.79 Å². The second-order valence-electron chi connectivity index (χ2n) is 6.29. The zero-order chi connectivity index (χ0) is 15.7. The third-order valence-electron chi connectivity index (χ3n) is 4.66. The average molecular weight is 300 g/mol. The number of amides is 1. The van der Waals surface area contributed by atoms with E-state index in [1.807, 2.05) is 24.3 Å². The minimum Gasteiger partial charge on any atom is -0.480 e. The predicted molar refractivity (Wildman–Crippen MR) is 83.8 cm³/mol. The van der Waals surface area contributed by atoms with Gasteiger partial charge in [0.2, 0.25) is 0 Å². The Morgan fingerprint density at radius 3 is 2.59 bits per heavy atom. The van der Waals surface area contributed by atoms with Gasteiger partial charge >= 0.3 is 5.97 Å². The third kappa shape index (κ3) is 2.58. The van der Waals surface area contributed by atoms with Crippen LogP contribution in [-0.2, 0) is 4.79 Å². The molecule has 0 unspecified atom stereocenters. The van der Waals surface area contributed by atoms with Crippen molar-refractivity contribution < 1.29 is 14.7 Å². The topological polar surface area (TPSA) is 82.2 Å². The SMILES string of the molecule is CC1CCC(NC(=O)c2cc3ccccc3[nH]2)(C(=O)O)CC1. The van der Waals surface area contributed by atoms with Crippen LogP contribution in [0.3, 0.4) is 0 Å². The van der Waals surface area contributed by atoms with E-state index < -0.39 is 11.5 Å². The fourth-order valence-corrected chi connectivity index (χ4v) is 3.13. The molecular formula is C17H20N2O3. The van der Waals surface area contributed by atoms with Gasteiger partial charge in [0.15, 0.2) is 0 Å². The van der Waals surface area contributed by atoms with Crippen molar-refractivity contribution in [2.45, 2.75) is 38.1 Å². The highest BCUT2D eigenvalue weighted by Gasteiger charge is 2.42. The van der Waals surface area contributed by atoms with Gasteiger partial charge in [0.1, 0.15) is 11.2 Å². The maximum absolute atomic E-state index is 12.5. The number of para-hydroxylation sites is 1. The second kappa shape index (κ2) is 5.48. The van der Waals surface area contributed by atoms with E-state index in [4.69, 9.17) is 0 Å². The number of aliphatic carboxylic acids is 1. The molecule has 1 amide bonds. The van der Waals surface area contributed by atoms with E-state index in [2.05, 4.69) is 17.2 Å². The van der Waals surface area contributed by atoms with Gasteiger partial charge in [-0.1, -0.05) is 25.1 Å². The van der Waals surface area contributed by atoms with Crippen LogP contribution in [0.2, 0.25) is 0 Å². The number of H-pyrrole nitrogens is 1. The number of aromatic nitrogens is 1. The summed E-state index contributed by atoms with van der Waals surface area (Å²) in [5.74, 6) is -0.783. The van der Waals surface area contributed by atoms with Crippen LogP contribution in [0.15, 0.2) is 30.3 Å². The van der Waals surface area contributed by atoms with Gasteiger partial charge in [0, 0.05) is 10.9 Å². The first kappa shape index (κ1) is 14.6. The Labute approximate surface area is 128 Å². The monoisotopic (exact) mass is 300 g/mol. The molecule has 0 radical (unpaired) electrons. The number of carboxylic acid groups (broad SMARTS) is 1. The van der Waals surface area contributed by atoms with Gasteiger partial charge < -0.3 is 15.4 Å². The van der Waals surface area contributed by atoms with Crippen LogP contribution in [0.1, 0.15) is 43.1 Å². The van der Waals surface area contributed by atoms with E-state index in [-0.39, 0.29) is 5.91 Å². The molecule has 3 N–H and O–H groups in total. The molecule has 1 fully saturated rings. The van der Waals surface area contributed by atoms with Crippen molar-refractivity contribution in [3.05, 3.63) is 36.0 Å². The zero-order valence-corrected chi connectivity index (χ0v) is 12.6. The summed E-state index contributed by atoms with van der Waals surface area (Å²) in [5.41, 5.74) is 0.135. The van der Waals surface area contributed by atoms with Crippen LogP contribution >= 0.6 is 0 Å². The molecule has 1 saturated carbocycles. The molecule has 0 bridgehead atoms. The number of hydrogen-bond acceptors (Lipinski definition) is 2. The number of carbonyl (C=O) groups is 2. The highest BCUT2D eigenvalue weighted by Crippen LogP contribution is 2.32. The lowest BCUT2D eigenvalue weighted by Gasteiger charge is -2.36. The maximum Gasteiger partial charge on any atom is 0.329 e. The molecule has 2 aromatic rings. The van der Waals surface area contributed by atoms with Crippen molar-refractivity contribution in [1.82, 2.24) is 10.3 Å². The summed E-state index contributed by atoms with van der Waals surface area (Å²) < 4.78 is 0. The summed E-state index contributed by atoms with van der Waals surface area (Å²) in [4.78, 5) is 27.2. The number of carboxylic acids is 1. The first-order chi connectivity index (χ1) is 10.5. The van der Waals surface area contributed by atoms with Crippen LogP contribution in [0.25, 0.3) is 10.9 Å². The van der Waals surface area contributed by atoms with Gasteiger partial charge in [0.25, 0.3) is 5.91 Å². The number of aromatic amines is 1. The van der Waals surface area contributed by atoms with Crippen molar-refractivity contribution in [2.24, 2.45) is 5.92 Å². The molecule has 1 aromatic carbocycles. The molecule has 0 spiro atoms. The summed E-state index contributed by atoms with van der Waals surface area (Å²) in [7, 11) is 0. The molecule has 5 heteroatoms. The molecule has 5 nitrogen and oxygen atoms in total. The molecule has 0 atom stereocenters. The van der Waals surface area contributed by atoms with Crippen molar-refractivity contribution in [3.63, 3.8) is 0 Å². The number of rotatable bonds is 3. The Morgan fingerprint density at radius 2 is 1.95 bits per heavy atom.